The van der Waals surface area contributed by atoms with E-state index in [0.29, 0.717) is 37.4 Å². The fourth-order valence-electron chi connectivity index (χ4n) is 3.85. The number of nitrogens with one attached hydrogen (secondary N) is 1. The average molecular weight is 457 g/mol. The second-order valence-electron chi connectivity index (χ2n) is 7.60. The van der Waals surface area contributed by atoms with E-state index in [9.17, 15) is 9.59 Å². The molecular formula is C24H22Cl2N2O3. The van der Waals surface area contributed by atoms with Crippen molar-refractivity contribution in [2.24, 2.45) is 0 Å². The standard InChI is InChI=1S/C24H22Cl2N2O3/c25-19-7-3-4-16(12-19)8-11-23(29)27-14-20-13-17-5-1-2-6-18(17)15-28(20)24(30)21-9-10-22(26)31-21/h1-7,9-10,12,20H,8,11,13-15H2,(H,27,29). The predicted octanol–water partition coefficient (Wildman–Crippen LogP) is 4.90. The van der Waals surface area contributed by atoms with Crippen LogP contribution in [-0.4, -0.2) is 29.3 Å². The van der Waals surface area contributed by atoms with Gasteiger partial charge in [0.05, 0.1) is 6.04 Å². The summed E-state index contributed by atoms with van der Waals surface area (Å²) in [6, 6.07) is 18.5. The lowest BCUT2D eigenvalue weighted by Gasteiger charge is -2.36. The molecular weight excluding hydrogens is 435 g/mol. The van der Waals surface area contributed by atoms with E-state index in [-0.39, 0.29) is 28.8 Å². The van der Waals surface area contributed by atoms with Gasteiger partial charge >= 0.3 is 0 Å². The van der Waals surface area contributed by atoms with Gasteiger partial charge in [0.2, 0.25) is 5.91 Å². The summed E-state index contributed by atoms with van der Waals surface area (Å²) in [5, 5.41) is 3.82. The molecule has 2 amide bonds. The van der Waals surface area contributed by atoms with Gasteiger partial charge in [0.25, 0.3) is 5.91 Å². The van der Waals surface area contributed by atoms with Gasteiger partial charge in [-0.05, 0) is 65.4 Å². The first-order valence-electron chi connectivity index (χ1n) is 10.1. The summed E-state index contributed by atoms with van der Waals surface area (Å²) in [5.41, 5.74) is 3.29. The Morgan fingerprint density at radius 1 is 1.03 bits per heavy atom. The number of carbonyl (C=O) groups is 2. The first kappa shape index (κ1) is 21.5. The molecule has 4 rings (SSSR count). The lowest BCUT2D eigenvalue weighted by Crippen LogP contribution is -2.50. The highest BCUT2D eigenvalue weighted by Crippen LogP contribution is 2.26. The zero-order valence-electron chi connectivity index (χ0n) is 16.8. The zero-order valence-corrected chi connectivity index (χ0v) is 18.3. The van der Waals surface area contributed by atoms with Crippen molar-refractivity contribution in [3.63, 3.8) is 0 Å². The van der Waals surface area contributed by atoms with Crippen molar-refractivity contribution in [2.75, 3.05) is 6.54 Å². The normalized spacial score (nSPS) is 15.4. The van der Waals surface area contributed by atoms with Gasteiger partial charge in [-0.3, -0.25) is 9.59 Å². The molecule has 0 aliphatic carbocycles. The van der Waals surface area contributed by atoms with Gasteiger partial charge < -0.3 is 14.6 Å². The van der Waals surface area contributed by atoms with E-state index in [1.54, 1.807) is 17.0 Å². The third-order valence-electron chi connectivity index (χ3n) is 5.46. The Labute approximate surface area is 190 Å². The molecule has 2 heterocycles. The number of aryl methyl sites for hydroxylation is 1. The van der Waals surface area contributed by atoms with Crippen molar-refractivity contribution in [2.45, 2.75) is 31.8 Å². The number of halogens is 2. The highest BCUT2D eigenvalue weighted by Gasteiger charge is 2.32. The molecule has 3 aromatic rings. The molecule has 7 heteroatoms. The molecule has 1 aromatic heterocycles. The molecule has 0 radical (unpaired) electrons. The molecule has 1 unspecified atom stereocenters. The summed E-state index contributed by atoms with van der Waals surface area (Å²) in [7, 11) is 0. The number of carbonyl (C=O) groups excluding carboxylic acids is 2. The minimum Gasteiger partial charge on any atom is -0.440 e. The maximum atomic E-state index is 13.1. The first-order valence-corrected chi connectivity index (χ1v) is 10.9. The number of nitrogens with zero attached hydrogens (tertiary/aromatic N) is 1. The second kappa shape index (κ2) is 9.58. The van der Waals surface area contributed by atoms with Crippen LogP contribution < -0.4 is 5.32 Å². The molecule has 1 aliphatic heterocycles. The number of fused-ring (bicyclic) bond motifs is 1. The van der Waals surface area contributed by atoms with E-state index in [1.165, 1.54) is 5.56 Å². The molecule has 0 fully saturated rings. The monoisotopic (exact) mass is 456 g/mol. The molecule has 1 atom stereocenters. The third-order valence-corrected chi connectivity index (χ3v) is 5.90. The molecule has 160 valence electrons. The summed E-state index contributed by atoms with van der Waals surface area (Å²) in [5.74, 6) is -0.103. The van der Waals surface area contributed by atoms with E-state index in [2.05, 4.69) is 11.4 Å². The molecule has 31 heavy (non-hydrogen) atoms. The van der Waals surface area contributed by atoms with Gasteiger partial charge in [0, 0.05) is 24.5 Å². The van der Waals surface area contributed by atoms with Gasteiger partial charge in [-0.2, -0.15) is 0 Å². The highest BCUT2D eigenvalue weighted by molar-refractivity contribution is 6.30. The molecule has 0 saturated carbocycles. The molecule has 0 saturated heterocycles. The van der Waals surface area contributed by atoms with Crippen LogP contribution in [0.5, 0.6) is 0 Å². The number of rotatable bonds is 6. The Morgan fingerprint density at radius 2 is 1.84 bits per heavy atom. The Bertz CT molecular complexity index is 1100. The van der Waals surface area contributed by atoms with Crippen LogP contribution in [0.15, 0.2) is 65.1 Å². The van der Waals surface area contributed by atoms with Crippen LogP contribution in [0.1, 0.15) is 33.7 Å². The van der Waals surface area contributed by atoms with Crippen LogP contribution in [0.2, 0.25) is 10.2 Å². The molecule has 2 aromatic carbocycles. The summed E-state index contributed by atoms with van der Waals surface area (Å²) >= 11 is 11.9. The lowest BCUT2D eigenvalue weighted by molar-refractivity contribution is -0.121. The SMILES string of the molecule is O=C(CCc1cccc(Cl)c1)NCC1Cc2ccccc2CN1C(=O)c1ccc(Cl)o1. The molecule has 5 nitrogen and oxygen atoms in total. The predicted molar refractivity (Wildman–Crippen MR) is 120 cm³/mol. The largest absolute Gasteiger partial charge is 0.440 e. The number of hydrogen-bond donors (Lipinski definition) is 1. The van der Waals surface area contributed by atoms with Crippen LogP contribution in [0.3, 0.4) is 0 Å². The van der Waals surface area contributed by atoms with Gasteiger partial charge in [-0.25, -0.2) is 0 Å². The average Bonchev–Trinajstić information content (AvgIpc) is 3.21. The number of furan rings is 1. The first-order chi connectivity index (χ1) is 15.0. The van der Waals surface area contributed by atoms with Crippen LogP contribution in [0.25, 0.3) is 0 Å². The Balaban J connectivity index is 1.42. The van der Waals surface area contributed by atoms with Crippen LogP contribution in [0, 0.1) is 0 Å². The van der Waals surface area contributed by atoms with E-state index in [1.807, 2.05) is 42.5 Å². The Hall–Kier alpha value is -2.76. The summed E-state index contributed by atoms with van der Waals surface area (Å²) in [6.07, 6.45) is 1.61. The van der Waals surface area contributed by atoms with Gasteiger partial charge in [0.1, 0.15) is 0 Å². The summed E-state index contributed by atoms with van der Waals surface area (Å²) < 4.78 is 5.33. The van der Waals surface area contributed by atoms with Crippen LogP contribution in [-0.2, 0) is 24.2 Å². The Morgan fingerprint density at radius 3 is 2.58 bits per heavy atom. The van der Waals surface area contributed by atoms with Crippen LogP contribution >= 0.6 is 23.2 Å². The fourth-order valence-corrected chi connectivity index (χ4v) is 4.21. The van der Waals surface area contributed by atoms with E-state index < -0.39 is 0 Å². The van der Waals surface area contributed by atoms with Crippen LogP contribution in [0.4, 0.5) is 0 Å². The fraction of sp³-hybridized carbons (Fsp3) is 0.250. The van der Waals surface area contributed by atoms with Crippen molar-refractivity contribution in [3.05, 3.63) is 93.4 Å². The molecule has 0 spiro atoms. The smallest absolute Gasteiger partial charge is 0.290 e. The highest BCUT2D eigenvalue weighted by atomic mass is 35.5. The van der Waals surface area contributed by atoms with Crippen molar-refractivity contribution < 1.29 is 14.0 Å². The number of hydrogen-bond acceptors (Lipinski definition) is 3. The topological polar surface area (TPSA) is 62.6 Å². The quantitative estimate of drug-likeness (QED) is 0.573. The molecule has 0 bridgehead atoms. The van der Waals surface area contributed by atoms with E-state index in [0.717, 1.165) is 11.1 Å². The maximum Gasteiger partial charge on any atom is 0.290 e. The van der Waals surface area contributed by atoms with Gasteiger partial charge in [-0.1, -0.05) is 48.0 Å². The number of benzene rings is 2. The lowest BCUT2D eigenvalue weighted by atomic mass is 9.93. The summed E-state index contributed by atoms with van der Waals surface area (Å²) in [4.78, 5) is 27.3. The molecule has 1 N–H and O–H groups in total. The maximum absolute atomic E-state index is 13.1. The summed E-state index contributed by atoms with van der Waals surface area (Å²) in [6.45, 7) is 0.819. The minimum absolute atomic E-state index is 0.0627. The second-order valence-corrected chi connectivity index (χ2v) is 8.41. The zero-order chi connectivity index (χ0) is 21.8. The van der Waals surface area contributed by atoms with Crippen molar-refractivity contribution in [3.8, 4) is 0 Å². The number of amides is 2. The third kappa shape index (κ3) is 5.30. The Kier molecular flexibility index (Phi) is 6.64. The minimum atomic E-state index is -0.237. The molecule has 1 aliphatic rings. The van der Waals surface area contributed by atoms with E-state index >= 15 is 0 Å². The van der Waals surface area contributed by atoms with E-state index in [4.69, 9.17) is 27.6 Å². The van der Waals surface area contributed by atoms with Crippen molar-refractivity contribution in [1.29, 1.82) is 0 Å². The van der Waals surface area contributed by atoms with Gasteiger partial charge in [-0.15, -0.1) is 0 Å². The van der Waals surface area contributed by atoms with Gasteiger partial charge in [0.15, 0.2) is 11.0 Å². The van der Waals surface area contributed by atoms with Crippen molar-refractivity contribution >= 4 is 35.0 Å². The van der Waals surface area contributed by atoms with Crippen molar-refractivity contribution in [1.82, 2.24) is 10.2 Å².